The Morgan fingerprint density at radius 1 is 1.03 bits per heavy atom. The lowest BCUT2D eigenvalue weighted by Crippen LogP contribution is -2.45. The molecule has 0 aliphatic heterocycles. The van der Waals surface area contributed by atoms with E-state index in [1.54, 1.807) is 0 Å². The fraction of sp³-hybridized carbons (Fsp3) is 0.100. The SMILES string of the molecule is COC(=O)c1cc(Oc2ncccn2)ccc1N(C(=O)c1ccc(Cl)cc1)S(=O)(=O)C(F)(F)F. The molecule has 1 aromatic heterocycles. The van der Waals surface area contributed by atoms with Crippen LogP contribution in [0.25, 0.3) is 0 Å². The summed E-state index contributed by atoms with van der Waals surface area (Å²) in [6.45, 7) is 0. The van der Waals surface area contributed by atoms with Crippen molar-refractivity contribution in [3.05, 3.63) is 77.1 Å². The summed E-state index contributed by atoms with van der Waals surface area (Å²) in [7, 11) is -5.39. The number of anilines is 1. The van der Waals surface area contributed by atoms with Crippen LogP contribution >= 0.6 is 11.6 Å². The second kappa shape index (κ2) is 9.65. The summed E-state index contributed by atoms with van der Waals surface area (Å²) >= 11 is 5.74. The van der Waals surface area contributed by atoms with Crippen molar-refractivity contribution < 1.29 is 40.7 Å². The Labute approximate surface area is 195 Å². The Hall–Kier alpha value is -3.71. The highest BCUT2D eigenvalue weighted by Gasteiger charge is 2.53. The van der Waals surface area contributed by atoms with Gasteiger partial charge in [0.15, 0.2) is 0 Å². The largest absolute Gasteiger partial charge is 0.517 e. The molecule has 0 saturated heterocycles. The van der Waals surface area contributed by atoms with Crippen LogP contribution in [0.15, 0.2) is 60.9 Å². The number of carbonyl (C=O) groups excluding carboxylic acids is 2. The number of aromatic nitrogens is 2. The van der Waals surface area contributed by atoms with Gasteiger partial charge in [-0.2, -0.15) is 25.9 Å². The molecule has 0 unspecified atom stereocenters. The fourth-order valence-corrected chi connectivity index (χ4v) is 3.71. The van der Waals surface area contributed by atoms with Crippen molar-refractivity contribution in [2.75, 3.05) is 11.4 Å². The second-order valence-corrected chi connectivity index (χ2v) is 8.55. The van der Waals surface area contributed by atoms with Crippen molar-refractivity contribution in [1.29, 1.82) is 0 Å². The number of carbonyl (C=O) groups is 2. The molecule has 34 heavy (non-hydrogen) atoms. The zero-order chi connectivity index (χ0) is 25.1. The highest BCUT2D eigenvalue weighted by Crippen LogP contribution is 2.36. The molecule has 0 spiro atoms. The Morgan fingerprint density at radius 2 is 1.65 bits per heavy atom. The van der Waals surface area contributed by atoms with Gasteiger partial charge in [-0.25, -0.2) is 14.8 Å². The zero-order valence-electron chi connectivity index (χ0n) is 17.0. The third-order valence-corrected chi connectivity index (χ3v) is 5.83. The van der Waals surface area contributed by atoms with Gasteiger partial charge in [0, 0.05) is 23.0 Å². The maximum absolute atomic E-state index is 13.5. The third kappa shape index (κ3) is 5.10. The topological polar surface area (TPSA) is 116 Å². The number of methoxy groups -OCH3 is 1. The Morgan fingerprint density at radius 3 is 2.21 bits per heavy atom. The maximum Gasteiger partial charge on any atom is 0.517 e. The summed E-state index contributed by atoms with van der Waals surface area (Å²) in [6, 6.07) is 8.49. The van der Waals surface area contributed by atoms with Crippen LogP contribution in [0.2, 0.25) is 5.02 Å². The maximum atomic E-state index is 13.5. The van der Waals surface area contributed by atoms with Crippen LogP contribution in [0.4, 0.5) is 18.9 Å². The van der Waals surface area contributed by atoms with Crippen LogP contribution in [0.3, 0.4) is 0 Å². The van der Waals surface area contributed by atoms with Crippen molar-refractivity contribution in [2.45, 2.75) is 5.51 Å². The Balaban J connectivity index is 2.20. The summed E-state index contributed by atoms with van der Waals surface area (Å²) in [5.41, 5.74) is -7.93. The summed E-state index contributed by atoms with van der Waals surface area (Å²) in [5, 5.41) is 0.154. The van der Waals surface area contributed by atoms with Crippen LogP contribution in [0.5, 0.6) is 11.8 Å². The quantitative estimate of drug-likeness (QED) is 0.448. The van der Waals surface area contributed by atoms with Crippen LogP contribution in [-0.4, -0.2) is 42.9 Å². The standard InChI is InChI=1S/C20H13ClF3N3O6S/c1-32-18(29)15-11-14(33-19-25-9-2-10-26-19)7-8-16(15)27(34(30,31)20(22,23)24)17(28)12-3-5-13(21)6-4-12/h2-11H,1H3. The summed E-state index contributed by atoms with van der Waals surface area (Å²) < 4.78 is 74.8. The molecule has 0 fully saturated rings. The number of esters is 1. The first kappa shape index (κ1) is 24.9. The summed E-state index contributed by atoms with van der Waals surface area (Å²) in [6.07, 6.45) is 2.70. The van der Waals surface area contributed by atoms with E-state index in [2.05, 4.69) is 14.7 Å². The molecule has 0 aliphatic carbocycles. The summed E-state index contributed by atoms with van der Waals surface area (Å²) in [5.74, 6) is -2.96. The number of rotatable bonds is 6. The van der Waals surface area contributed by atoms with E-state index < -0.39 is 48.5 Å². The average molecular weight is 516 g/mol. The number of hydrogen-bond acceptors (Lipinski definition) is 8. The van der Waals surface area contributed by atoms with Crippen molar-refractivity contribution in [1.82, 2.24) is 9.97 Å². The number of amides is 1. The van der Waals surface area contributed by atoms with Gasteiger partial charge >= 0.3 is 27.5 Å². The van der Waals surface area contributed by atoms with Gasteiger partial charge in [0.25, 0.3) is 5.91 Å². The normalized spacial score (nSPS) is 11.6. The molecule has 9 nitrogen and oxygen atoms in total. The van der Waals surface area contributed by atoms with E-state index in [1.807, 2.05) is 0 Å². The first-order chi connectivity index (χ1) is 16.0. The minimum atomic E-state index is -6.31. The van der Waals surface area contributed by atoms with Gasteiger partial charge in [-0.15, -0.1) is 0 Å². The molecular formula is C20H13ClF3N3O6S. The van der Waals surface area contributed by atoms with Crippen LogP contribution in [0, 0.1) is 0 Å². The molecule has 14 heteroatoms. The van der Waals surface area contributed by atoms with E-state index in [-0.39, 0.29) is 16.8 Å². The molecule has 0 saturated carbocycles. The van der Waals surface area contributed by atoms with Crippen molar-refractivity contribution in [2.24, 2.45) is 0 Å². The molecule has 0 atom stereocenters. The highest BCUT2D eigenvalue weighted by molar-refractivity contribution is 7.94. The second-order valence-electron chi connectivity index (χ2n) is 6.33. The average Bonchev–Trinajstić information content (AvgIpc) is 2.79. The van der Waals surface area contributed by atoms with E-state index in [0.717, 1.165) is 37.4 Å². The molecule has 2 aromatic carbocycles. The number of halogens is 4. The van der Waals surface area contributed by atoms with Gasteiger partial charge in [-0.1, -0.05) is 11.6 Å². The molecular weight excluding hydrogens is 503 g/mol. The number of alkyl halides is 3. The Bertz CT molecular complexity index is 1320. The molecule has 178 valence electrons. The zero-order valence-corrected chi connectivity index (χ0v) is 18.6. The Kier molecular flexibility index (Phi) is 7.07. The van der Waals surface area contributed by atoms with Gasteiger partial charge in [-0.05, 0) is 48.5 Å². The molecule has 0 aliphatic rings. The van der Waals surface area contributed by atoms with E-state index in [9.17, 15) is 31.2 Å². The molecule has 1 heterocycles. The van der Waals surface area contributed by atoms with E-state index in [0.29, 0.717) is 0 Å². The fourth-order valence-electron chi connectivity index (χ4n) is 2.63. The molecule has 0 N–H and O–H groups in total. The highest BCUT2D eigenvalue weighted by atomic mass is 35.5. The van der Waals surface area contributed by atoms with E-state index in [4.69, 9.17) is 16.3 Å². The smallest absolute Gasteiger partial charge is 0.465 e. The first-order valence-electron chi connectivity index (χ1n) is 9.04. The van der Waals surface area contributed by atoms with E-state index in [1.165, 1.54) is 30.6 Å². The number of sulfonamides is 1. The van der Waals surface area contributed by atoms with Gasteiger partial charge in [0.2, 0.25) is 0 Å². The van der Waals surface area contributed by atoms with Gasteiger partial charge < -0.3 is 9.47 Å². The third-order valence-electron chi connectivity index (χ3n) is 4.15. The molecule has 3 rings (SSSR count). The lowest BCUT2D eigenvalue weighted by molar-refractivity contribution is -0.0437. The van der Waals surface area contributed by atoms with Gasteiger partial charge in [0.1, 0.15) is 5.75 Å². The monoisotopic (exact) mass is 515 g/mol. The predicted molar refractivity (Wildman–Crippen MR) is 113 cm³/mol. The molecule has 1 amide bonds. The van der Waals surface area contributed by atoms with E-state index >= 15 is 0 Å². The van der Waals surface area contributed by atoms with Crippen LogP contribution in [-0.2, 0) is 14.8 Å². The van der Waals surface area contributed by atoms with Gasteiger partial charge in [0.05, 0.1) is 18.4 Å². The number of benzene rings is 2. The lowest BCUT2D eigenvalue weighted by Gasteiger charge is -2.25. The minimum absolute atomic E-state index is 0.140. The van der Waals surface area contributed by atoms with Crippen molar-refractivity contribution in [3.8, 4) is 11.8 Å². The van der Waals surface area contributed by atoms with Crippen molar-refractivity contribution >= 4 is 39.2 Å². The van der Waals surface area contributed by atoms with Crippen molar-refractivity contribution in [3.63, 3.8) is 0 Å². The molecule has 3 aromatic rings. The summed E-state index contributed by atoms with van der Waals surface area (Å²) in [4.78, 5) is 33.0. The minimum Gasteiger partial charge on any atom is -0.465 e. The van der Waals surface area contributed by atoms with Crippen LogP contribution in [0.1, 0.15) is 20.7 Å². The van der Waals surface area contributed by atoms with Crippen LogP contribution < -0.4 is 9.04 Å². The predicted octanol–water partition coefficient (Wildman–Crippen LogP) is 4.21. The molecule has 0 radical (unpaired) electrons. The molecule has 0 bridgehead atoms. The number of nitrogens with zero attached hydrogens (tertiary/aromatic N) is 3. The number of ether oxygens (including phenoxy) is 2. The van der Waals surface area contributed by atoms with Gasteiger partial charge in [-0.3, -0.25) is 4.79 Å². The lowest BCUT2D eigenvalue weighted by atomic mass is 10.1. The first-order valence-corrected chi connectivity index (χ1v) is 10.9. The number of hydrogen-bond donors (Lipinski definition) is 0.